The molecule has 102 valence electrons. The summed E-state index contributed by atoms with van der Waals surface area (Å²) >= 11 is 6.05. The number of aromatic nitrogens is 2. The summed E-state index contributed by atoms with van der Waals surface area (Å²) in [5, 5.41) is 10.6. The van der Waals surface area contributed by atoms with E-state index in [0.717, 1.165) is 10.9 Å². The van der Waals surface area contributed by atoms with E-state index in [0.29, 0.717) is 16.2 Å². The van der Waals surface area contributed by atoms with Gasteiger partial charge in [0.1, 0.15) is 11.5 Å². The zero-order valence-electron chi connectivity index (χ0n) is 10.6. The fraction of sp³-hybridized carbons (Fsp3) is 0.133. The number of benzene rings is 1. The average molecular weight is 291 g/mol. The minimum atomic E-state index is -0.346. The Morgan fingerprint density at radius 3 is 2.85 bits per heavy atom. The van der Waals surface area contributed by atoms with Gasteiger partial charge in [0.05, 0.1) is 13.2 Å². The van der Waals surface area contributed by atoms with Gasteiger partial charge in [-0.15, -0.1) is 0 Å². The molecule has 0 aliphatic rings. The molecule has 2 aromatic heterocycles. The smallest absolute Gasteiger partial charge is 0.140 e. The zero-order chi connectivity index (χ0) is 14.1. The van der Waals surface area contributed by atoms with Crippen LogP contribution in [0.3, 0.4) is 0 Å². The Kier molecular flexibility index (Phi) is 3.42. The standard InChI is InChI=1S/C15H12ClFN2O/c16-13-4-1-5-14(17)12(13)8-19-7-10(9-20)11-3-2-6-18-15(11)19/h1-7,20H,8-9H2. The summed E-state index contributed by atoms with van der Waals surface area (Å²) in [5.74, 6) is -0.346. The Bertz CT molecular complexity index is 749. The minimum absolute atomic E-state index is 0.0831. The maximum atomic E-state index is 13.9. The number of aliphatic hydroxyl groups excluding tert-OH is 1. The third kappa shape index (κ3) is 2.17. The van der Waals surface area contributed by atoms with E-state index in [2.05, 4.69) is 4.98 Å². The van der Waals surface area contributed by atoms with Crippen molar-refractivity contribution >= 4 is 22.6 Å². The van der Waals surface area contributed by atoms with Crippen molar-refractivity contribution in [3.05, 3.63) is 64.7 Å². The Morgan fingerprint density at radius 1 is 1.25 bits per heavy atom. The highest BCUT2D eigenvalue weighted by Crippen LogP contribution is 2.24. The molecule has 0 radical (unpaired) electrons. The SMILES string of the molecule is OCc1cn(Cc2c(F)cccc2Cl)c2ncccc12. The summed E-state index contributed by atoms with van der Waals surface area (Å²) in [7, 11) is 0. The van der Waals surface area contributed by atoms with Gasteiger partial charge in [0, 0.05) is 33.9 Å². The van der Waals surface area contributed by atoms with Crippen LogP contribution in [-0.4, -0.2) is 14.7 Å². The zero-order valence-corrected chi connectivity index (χ0v) is 11.3. The summed E-state index contributed by atoms with van der Waals surface area (Å²) < 4.78 is 15.7. The molecule has 5 heteroatoms. The lowest BCUT2D eigenvalue weighted by Crippen LogP contribution is -2.02. The van der Waals surface area contributed by atoms with Gasteiger partial charge < -0.3 is 9.67 Å². The molecule has 0 saturated heterocycles. The van der Waals surface area contributed by atoms with Crippen LogP contribution in [0.25, 0.3) is 11.0 Å². The molecule has 0 atom stereocenters. The number of aliphatic hydroxyl groups is 1. The van der Waals surface area contributed by atoms with Gasteiger partial charge in [-0.2, -0.15) is 0 Å². The van der Waals surface area contributed by atoms with Crippen LogP contribution >= 0.6 is 11.6 Å². The Hall–Kier alpha value is -1.91. The number of pyridine rings is 1. The summed E-state index contributed by atoms with van der Waals surface area (Å²) in [6.45, 7) is 0.194. The van der Waals surface area contributed by atoms with E-state index in [9.17, 15) is 9.50 Å². The molecule has 1 aromatic carbocycles. The normalized spacial score (nSPS) is 11.2. The van der Waals surface area contributed by atoms with Crippen molar-refractivity contribution < 1.29 is 9.50 Å². The molecule has 0 fully saturated rings. The second-order valence-electron chi connectivity index (χ2n) is 4.52. The van der Waals surface area contributed by atoms with Crippen LogP contribution < -0.4 is 0 Å². The third-order valence-electron chi connectivity index (χ3n) is 3.28. The summed E-state index contributed by atoms with van der Waals surface area (Å²) in [6, 6.07) is 8.31. The van der Waals surface area contributed by atoms with Crippen LogP contribution in [0.4, 0.5) is 4.39 Å². The molecule has 0 spiro atoms. The largest absolute Gasteiger partial charge is 0.392 e. The molecule has 2 heterocycles. The quantitative estimate of drug-likeness (QED) is 0.803. The van der Waals surface area contributed by atoms with Gasteiger partial charge in [-0.1, -0.05) is 17.7 Å². The van der Waals surface area contributed by atoms with Gasteiger partial charge in [-0.3, -0.25) is 0 Å². The fourth-order valence-electron chi connectivity index (χ4n) is 2.30. The van der Waals surface area contributed by atoms with Crippen molar-refractivity contribution in [3.63, 3.8) is 0 Å². The number of nitrogens with zero attached hydrogens (tertiary/aromatic N) is 2. The molecule has 0 unspecified atom stereocenters. The van der Waals surface area contributed by atoms with E-state index in [1.807, 2.05) is 12.1 Å². The first-order valence-corrected chi connectivity index (χ1v) is 6.55. The Labute approximate surface area is 120 Å². The van der Waals surface area contributed by atoms with Gasteiger partial charge in [0.2, 0.25) is 0 Å². The number of rotatable bonds is 3. The summed E-state index contributed by atoms with van der Waals surface area (Å²) in [5.41, 5.74) is 1.89. The van der Waals surface area contributed by atoms with Gasteiger partial charge in [-0.05, 0) is 24.3 Å². The average Bonchev–Trinajstić information content (AvgIpc) is 2.81. The molecule has 3 nitrogen and oxygen atoms in total. The van der Waals surface area contributed by atoms with E-state index >= 15 is 0 Å². The minimum Gasteiger partial charge on any atom is -0.392 e. The highest BCUT2D eigenvalue weighted by molar-refractivity contribution is 6.31. The first-order chi connectivity index (χ1) is 9.70. The van der Waals surface area contributed by atoms with Gasteiger partial charge in [-0.25, -0.2) is 9.37 Å². The lowest BCUT2D eigenvalue weighted by molar-refractivity contribution is 0.283. The first-order valence-electron chi connectivity index (χ1n) is 6.17. The highest BCUT2D eigenvalue weighted by atomic mass is 35.5. The molecule has 1 N–H and O–H groups in total. The van der Waals surface area contributed by atoms with Crippen LogP contribution in [0, 0.1) is 5.82 Å². The number of hydrogen-bond acceptors (Lipinski definition) is 2. The molecular weight excluding hydrogens is 279 g/mol. The maximum Gasteiger partial charge on any atom is 0.140 e. The predicted octanol–water partition coefficient (Wildman–Crippen LogP) is 3.37. The van der Waals surface area contributed by atoms with Crippen LogP contribution in [-0.2, 0) is 13.2 Å². The van der Waals surface area contributed by atoms with E-state index in [4.69, 9.17) is 11.6 Å². The lowest BCUT2D eigenvalue weighted by Gasteiger charge is -2.08. The number of fused-ring (bicyclic) bond motifs is 1. The predicted molar refractivity (Wildman–Crippen MR) is 76.2 cm³/mol. The van der Waals surface area contributed by atoms with Crippen molar-refractivity contribution in [2.45, 2.75) is 13.2 Å². The van der Waals surface area contributed by atoms with Crippen molar-refractivity contribution in [1.29, 1.82) is 0 Å². The van der Waals surface area contributed by atoms with Crippen LogP contribution in [0.5, 0.6) is 0 Å². The molecule has 3 aromatic rings. The molecule has 3 rings (SSSR count). The van der Waals surface area contributed by atoms with Crippen LogP contribution in [0.2, 0.25) is 5.02 Å². The maximum absolute atomic E-state index is 13.9. The second kappa shape index (κ2) is 5.23. The van der Waals surface area contributed by atoms with Crippen LogP contribution in [0.15, 0.2) is 42.7 Å². The topological polar surface area (TPSA) is 38.0 Å². The lowest BCUT2D eigenvalue weighted by atomic mass is 10.2. The van der Waals surface area contributed by atoms with Crippen molar-refractivity contribution in [2.75, 3.05) is 0 Å². The summed E-state index contributed by atoms with van der Waals surface area (Å²) in [6.07, 6.45) is 3.45. The Morgan fingerprint density at radius 2 is 2.10 bits per heavy atom. The Balaban J connectivity index is 2.12. The van der Waals surface area contributed by atoms with Gasteiger partial charge in [0.25, 0.3) is 0 Å². The third-order valence-corrected chi connectivity index (χ3v) is 3.63. The van der Waals surface area contributed by atoms with E-state index in [1.54, 1.807) is 29.1 Å². The van der Waals surface area contributed by atoms with Crippen molar-refractivity contribution in [2.24, 2.45) is 0 Å². The monoisotopic (exact) mass is 290 g/mol. The molecule has 0 bridgehead atoms. The second-order valence-corrected chi connectivity index (χ2v) is 4.92. The molecule has 0 aliphatic carbocycles. The number of hydrogen-bond donors (Lipinski definition) is 1. The van der Waals surface area contributed by atoms with Gasteiger partial charge in [0.15, 0.2) is 0 Å². The molecule has 20 heavy (non-hydrogen) atoms. The van der Waals surface area contributed by atoms with E-state index < -0.39 is 0 Å². The van der Waals surface area contributed by atoms with E-state index in [-0.39, 0.29) is 19.0 Å². The van der Waals surface area contributed by atoms with Gasteiger partial charge >= 0.3 is 0 Å². The first kappa shape index (κ1) is 13.1. The van der Waals surface area contributed by atoms with Crippen molar-refractivity contribution in [3.8, 4) is 0 Å². The van der Waals surface area contributed by atoms with Crippen LogP contribution in [0.1, 0.15) is 11.1 Å². The van der Waals surface area contributed by atoms with E-state index in [1.165, 1.54) is 6.07 Å². The van der Waals surface area contributed by atoms with Crippen molar-refractivity contribution in [1.82, 2.24) is 9.55 Å². The molecule has 0 aliphatic heterocycles. The number of halogens is 2. The fourth-order valence-corrected chi connectivity index (χ4v) is 2.52. The summed E-state index contributed by atoms with van der Waals surface area (Å²) in [4.78, 5) is 4.29. The highest BCUT2D eigenvalue weighted by Gasteiger charge is 2.12. The molecule has 0 amide bonds. The molecule has 0 saturated carbocycles. The molecular formula is C15H12ClFN2O.